The molecule has 3 N–H and O–H groups in total. The molecule has 1 aromatic heterocycles. The molecule has 2 atom stereocenters. The Bertz CT molecular complexity index is 980. The van der Waals surface area contributed by atoms with Gasteiger partial charge in [0.15, 0.2) is 5.78 Å². The van der Waals surface area contributed by atoms with Gasteiger partial charge >= 0.3 is 5.97 Å². The lowest BCUT2D eigenvalue weighted by Crippen LogP contribution is -2.52. The maximum atomic E-state index is 15.4. The Morgan fingerprint density at radius 3 is 2.27 bits per heavy atom. The maximum Gasteiger partial charge on any atom is 0.309 e. The van der Waals surface area contributed by atoms with E-state index in [1.165, 1.54) is 12.4 Å². The molecule has 0 aliphatic heterocycles. The predicted octanol–water partition coefficient (Wildman–Crippen LogP) is 5.38. The van der Waals surface area contributed by atoms with Crippen LogP contribution in [0.15, 0.2) is 12.4 Å². The summed E-state index contributed by atoms with van der Waals surface area (Å²) in [5.74, 6) is -3.32. The summed E-state index contributed by atoms with van der Waals surface area (Å²) in [5, 5.41) is 20.5. The molecule has 1 amide bonds. The van der Waals surface area contributed by atoms with Gasteiger partial charge in [-0.15, -0.1) is 11.6 Å². The summed E-state index contributed by atoms with van der Waals surface area (Å²) >= 11 is 18.8. The summed E-state index contributed by atoms with van der Waals surface area (Å²) in [6, 6.07) is -0.152. The van der Waals surface area contributed by atoms with Gasteiger partial charge < -0.3 is 15.4 Å². The zero-order valence-electron chi connectivity index (χ0n) is 21.2. The lowest BCUT2D eigenvalue weighted by molar-refractivity contribution is -0.150. The second-order valence-corrected chi connectivity index (χ2v) is 11.1. The number of rotatable bonds is 13. The molecule has 0 aromatic carbocycles. The van der Waals surface area contributed by atoms with Crippen molar-refractivity contribution in [1.29, 1.82) is 5.41 Å². The van der Waals surface area contributed by atoms with E-state index in [2.05, 4.69) is 10.3 Å². The number of hydrogen-bond acceptors (Lipinski definition) is 6. The molecule has 2 unspecified atom stereocenters. The molecule has 0 saturated heterocycles. The monoisotopic (exact) mass is 578 g/mol. The largest absolute Gasteiger partial charge is 0.481 e. The van der Waals surface area contributed by atoms with Crippen LogP contribution in [0.3, 0.4) is 0 Å². The molecule has 0 radical (unpaired) electrons. The number of ketones is 1. The van der Waals surface area contributed by atoms with Crippen molar-refractivity contribution in [3.63, 3.8) is 0 Å². The zero-order chi connectivity index (χ0) is 28.0. The molecular weight excluding hydrogens is 546 g/mol. The van der Waals surface area contributed by atoms with Crippen LogP contribution in [0.4, 0.5) is 4.39 Å². The Hall–Kier alpha value is -1.81. The molecule has 1 saturated carbocycles. The summed E-state index contributed by atoms with van der Waals surface area (Å²) in [5.41, 5.74) is -3.61. The highest BCUT2D eigenvalue weighted by Crippen LogP contribution is 2.36. The minimum atomic E-state index is -1.76. The number of hydrogen-bond donors (Lipinski definition) is 3. The van der Waals surface area contributed by atoms with E-state index in [-0.39, 0.29) is 41.0 Å². The molecule has 8 nitrogen and oxygen atoms in total. The smallest absolute Gasteiger partial charge is 0.309 e. The van der Waals surface area contributed by atoms with Crippen molar-refractivity contribution in [1.82, 2.24) is 15.2 Å². The van der Waals surface area contributed by atoms with Gasteiger partial charge in [0.2, 0.25) is 5.91 Å². The van der Waals surface area contributed by atoms with E-state index in [0.29, 0.717) is 25.7 Å². The third kappa shape index (κ3) is 7.85. The fraction of sp³-hybridized carbons (Fsp3) is 0.640. The maximum absolute atomic E-state index is 15.4. The minimum Gasteiger partial charge on any atom is -0.481 e. The predicted molar refractivity (Wildman–Crippen MR) is 143 cm³/mol. The van der Waals surface area contributed by atoms with Gasteiger partial charge in [-0.2, -0.15) is 0 Å². The van der Waals surface area contributed by atoms with Crippen molar-refractivity contribution in [3.05, 3.63) is 28.0 Å². The number of carboxylic acid groups (broad SMARTS) is 1. The van der Waals surface area contributed by atoms with Gasteiger partial charge in [-0.25, -0.2) is 4.39 Å². The Morgan fingerprint density at radius 1 is 1.27 bits per heavy atom. The number of aliphatic carboxylic acids is 1. The molecule has 1 aromatic rings. The van der Waals surface area contributed by atoms with Crippen LogP contribution in [0, 0.1) is 16.7 Å². The fourth-order valence-electron chi connectivity index (χ4n) is 4.41. The number of amides is 1. The lowest BCUT2D eigenvalue weighted by Gasteiger charge is -2.37. The molecule has 0 spiro atoms. The van der Waals surface area contributed by atoms with Crippen molar-refractivity contribution >= 4 is 58.7 Å². The standard InChI is InChI=1S/C25H34Cl3FN4O4/c1-4-25(29,5-2)14-33(13-19(34)20-17(26)11-31-12-18(20)27)22(35)16(10-30)21(28)32-15-6-8-24(3,9-7-15)23(36)37/h10-12,15-16,21,30,32H,4-9,13-14H2,1-3H3,(H,36,37). The summed E-state index contributed by atoms with van der Waals surface area (Å²) in [6.07, 6.45) is 5.55. The molecule has 1 fully saturated rings. The summed E-state index contributed by atoms with van der Waals surface area (Å²) < 4.78 is 15.4. The summed E-state index contributed by atoms with van der Waals surface area (Å²) in [6.45, 7) is 4.12. The number of halogens is 4. The second kappa shape index (κ2) is 13.3. The molecule has 1 aliphatic rings. The van der Waals surface area contributed by atoms with Gasteiger partial charge in [0.25, 0.3) is 0 Å². The molecule has 0 bridgehead atoms. The van der Waals surface area contributed by atoms with E-state index >= 15 is 4.39 Å². The molecule has 1 heterocycles. The van der Waals surface area contributed by atoms with Crippen molar-refractivity contribution in [2.24, 2.45) is 11.3 Å². The molecular formula is C25H34Cl3FN4O4. The second-order valence-electron chi connectivity index (χ2n) is 9.85. The number of nitrogens with zero attached hydrogens (tertiary/aromatic N) is 2. The molecule has 2 rings (SSSR count). The topological polar surface area (TPSA) is 123 Å². The Kier molecular flexibility index (Phi) is 11.3. The van der Waals surface area contributed by atoms with Crippen LogP contribution in [-0.2, 0) is 9.59 Å². The molecule has 12 heteroatoms. The highest BCUT2D eigenvalue weighted by Gasteiger charge is 2.40. The van der Waals surface area contributed by atoms with Crippen LogP contribution in [0.5, 0.6) is 0 Å². The van der Waals surface area contributed by atoms with Crippen LogP contribution in [0.25, 0.3) is 0 Å². The van der Waals surface area contributed by atoms with Crippen LogP contribution < -0.4 is 5.32 Å². The van der Waals surface area contributed by atoms with E-state index in [9.17, 15) is 19.5 Å². The Balaban J connectivity index is 2.23. The van der Waals surface area contributed by atoms with Crippen molar-refractivity contribution in [3.8, 4) is 0 Å². The van der Waals surface area contributed by atoms with Crippen molar-refractivity contribution in [2.75, 3.05) is 13.1 Å². The third-order valence-electron chi connectivity index (χ3n) is 7.30. The highest BCUT2D eigenvalue weighted by molar-refractivity contribution is 6.39. The van der Waals surface area contributed by atoms with Crippen molar-refractivity contribution < 1.29 is 23.9 Å². The molecule has 37 heavy (non-hydrogen) atoms. The van der Waals surface area contributed by atoms with Crippen LogP contribution >= 0.6 is 34.8 Å². The first-order valence-electron chi connectivity index (χ1n) is 12.2. The van der Waals surface area contributed by atoms with Gasteiger partial charge in [0.05, 0.1) is 39.6 Å². The average Bonchev–Trinajstić information content (AvgIpc) is 2.85. The van der Waals surface area contributed by atoms with E-state index in [1.807, 2.05) is 0 Å². The van der Waals surface area contributed by atoms with E-state index in [1.54, 1.807) is 20.8 Å². The molecule has 1 aliphatic carbocycles. The van der Waals surface area contributed by atoms with E-state index in [0.717, 1.165) is 11.1 Å². The van der Waals surface area contributed by atoms with Crippen LogP contribution in [0.1, 0.15) is 69.7 Å². The fourth-order valence-corrected chi connectivity index (χ4v) is 5.35. The Labute approximate surface area is 231 Å². The quantitative estimate of drug-likeness (QED) is 0.125. The number of Topliss-reactive ketones (excluding diaryl/α,β-unsaturated/α-hetero) is 1. The van der Waals surface area contributed by atoms with Gasteiger partial charge in [-0.1, -0.05) is 37.0 Å². The van der Waals surface area contributed by atoms with Crippen LogP contribution in [-0.4, -0.2) is 69.2 Å². The number of nitrogens with one attached hydrogen (secondary N) is 2. The minimum absolute atomic E-state index is 0.00791. The van der Waals surface area contributed by atoms with Gasteiger partial charge in [-0.3, -0.25) is 24.7 Å². The van der Waals surface area contributed by atoms with Gasteiger partial charge in [-0.05, 0) is 45.4 Å². The number of carbonyl (C=O) groups excluding carboxylic acids is 2. The zero-order valence-corrected chi connectivity index (χ0v) is 23.5. The normalized spacial score (nSPS) is 21.6. The number of alkyl halides is 2. The van der Waals surface area contributed by atoms with Crippen LogP contribution in [0.2, 0.25) is 10.0 Å². The lowest BCUT2D eigenvalue weighted by atomic mass is 9.74. The Morgan fingerprint density at radius 2 is 1.81 bits per heavy atom. The number of pyridine rings is 1. The first kappa shape index (κ1) is 31.4. The average molecular weight is 580 g/mol. The van der Waals surface area contributed by atoms with E-state index < -0.39 is 46.7 Å². The highest BCUT2D eigenvalue weighted by atomic mass is 35.5. The number of carbonyl (C=O) groups is 3. The summed E-state index contributed by atoms with van der Waals surface area (Å²) in [7, 11) is 0. The van der Waals surface area contributed by atoms with Crippen molar-refractivity contribution in [2.45, 2.75) is 76.5 Å². The third-order valence-corrected chi connectivity index (χ3v) is 8.27. The number of aromatic nitrogens is 1. The first-order valence-corrected chi connectivity index (χ1v) is 13.4. The first-order chi connectivity index (χ1) is 17.3. The van der Waals surface area contributed by atoms with Gasteiger partial charge in [0.1, 0.15) is 11.6 Å². The van der Waals surface area contributed by atoms with E-state index in [4.69, 9.17) is 40.2 Å². The SMILES string of the molecule is CCC(F)(CC)CN(CC(=O)c1c(Cl)cncc1Cl)C(=O)C(C=N)C(Cl)NC1CCC(C)(C(=O)O)CC1. The number of carboxylic acids is 1. The summed E-state index contributed by atoms with van der Waals surface area (Å²) in [4.78, 5) is 43.1. The van der Waals surface area contributed by atoms with Gasteiger partial charge in [0, 0.05) is 24.7 Å². The molecule has 206 valence electrons.